The van der Waals surface area contributed by atoms with Crippen molar-refractivity contribution in [1.29, 1.82) is 0 Å². The molecule has 2 N–H and O–H groups in total. The van der Waals surface area contributed by atoms with Crippen LogP contribution in [0.4, 0.5) is 0 Å². The Morgan fingerprint density at radius 3 is 2.35 bits per heavy atom. The summed E-state index contributed by atoms with van der Waals surface area (Å²) in [6.45, 7) is 11.0. The highest BCUT2D eigenvalue weighted by molar-refractivity contribution is 14.0. The van der Waals surface area contributed by atoms with Gasteiger partial charge in [0.25, 0.3) is 0 Å². The Morgan fingerprint density at radius 2 is 1.71 bits per heavy atom. The van der Waals surface area contributed by atoms with E-state index in [2.05, 4.69) is 79.8 Å². The number of guanidine groups is 1. The van der Waals surface area contributed by atoms with Crippen molar-refractivity contribution in [2.45, 2.75) is 59.9 Å². The van der Waals surface area contributed by atoms with E-state index in [4.69, 9.17) is 9.73 Å². The Morgan fingerprint density at radius 1 is 1.03 bits per heavy atom. The van der Waals surface area contributed by atoms with Crippen molar-refractivity contribution in [3.63, 3.8) is 0 Å². The van der Waals surface area contributed by atoms with Crippen LogP contribution in [0.15, 0.2) is 59.6 Å². The van der Waals surface area contributed by atoms with Crippen molar-refractivity contribution < 1.29 is 4.74 Å². The summed E-state index contributed by atoms with van der Waals surface area (Å²) in [6.07, 6.45) is 0.903. The summed E-state index contributed by atoms with van der Waals surface area (Å²) in [5.74, 6) is 0.823. The molecule has 0 radical (unpaired) electrons. The summed E-state index contributed by atoms with van der Waals surface area (Å²) >= 11 is 0. The summed E-state index contributed by atoms with van der Waals surface area (Å²) < 4.78 is 7.92. The van der Waals surface area contributed by atoms with E-state index in [9.17, 15) is 0 Å². The van der Waals surface area contributed by atoms with E-state index < -0.39 is 0 Å². The van der Waals surface area contributed by atoms with E-state index in [1.54, 1.807) is 0 Å². The van der Waals surface area contributed by atoms with Crippen LogP contribution in [-0.4, -0.2) is 28.3 Å². The molecule has 6 nitrogen and oxygen atoms in total. The fourth-order valence-corrected chi connectivity index (χ4v) is 3.89. The number of aryl methyl sites for hydroxylation is 2. The molecule has 0 spiro atoms. The van der Waals surface area contributed by atoms with Gasteiger partial charge in [-0.15, -0.1) is 24.0 Å². The molecule has 0 aliphatic carbocycles. The van der Waals surface area contributed by atoms with E-state index in [1.807, 2.05) is 29.9 Å². The standard InChI is InChI=1S/C27H37N5O.HI/c1-6-28-27(30-20(2)16-26-21(3)31-32(5)22(26)4)29-17-24-14-10-11-15-25(24)19-33-18-23-12-8-7-9-13-23;/h7-15,20H,6,16-19H2,1-5H3,(H2,28,29,30);1H. The number of aromatic nitrogens is 2. The number of nitrogens with zero attached hydrogens (tertiary/aromatic N) is 3. The lowest BCUT2D eigenvalue weighted by atomic mass is 10.1. The maximum atomic E-state index is 5.97. The zero-order valence-electron chi connectivity index (χ0n) is 21.0. The summed E-state index contributed by atoms with van der Waals surface area (Å²) in [7, 11) is 2.00. The van der Waals surface area contributed by atoms with E-state index in [1.165, 1.54) is 27.9 Å². The van der Waals surface area contributed by atoms with Crippen LogP contribution in [0, 0.1) is 13.8 Å². The Balaban J connectivity index is 0.00000408. The second-order valence-corrected chi connectivity index (χ2v) is 8.46. The predicted molar refractivity (Wildman–Crippen MR) is 151 cm³/mol. The third kappa shape index (κ3) is 8.13. The number of rotatable bonds is 10. The summed E-state index contributed by atoms with van der Waals surface area (Å²) in [5, 5.41) is 11.5. The predicted octanol–water partition coefficient (Wildman–Crippen LogP) is 5.06. The van der Waals surface area contributed by atoms with Crippen LogP contribution in [0.2, 0.25) is 0 Å². The molecule has 1 atom stereocenters. The number of hydrogen-bond acceptors (Lipinski definition) is 3. The molecule has 7 heteroatoms. The van der Waals surface area contributed by atoms with Crippen LogP contribution in [0.25, 0.3) is 0 Å². The van der Waals surface area contributed by atoms with Crippen molar-refractivity contribution in [2.75, 3.05) is 6.54 Å². The summed E-state index contributed by atoms with van der Waals surface area (Å²) in [4.78, 5) is 4.86. The highest BCUT2D eigenvalue weighted by atomic mass is 127. The minimum atomic E-state index is 0. The van der Waals surface area contributed by atoms with Crippen molar-refractivity contribution in [3.05, 3.63) is 88.2 Å². The van der Waals surface area contributed by atoms with Crippen LogP contribution in [0.5, 0.6) is 0 Å². The fraction of sp³-hybridized carbons (Fsp3) is 0.407. The molecular weight excluding hydrogens is 537 g/mol. The lowest BCUT2D eigenvalue weighted by molar-refractivity contribution is 0.106. The highest BCUT2D eigenvalue weighted by Gasteiger charge is 2.14. The Labute approximate surface area is 221 Å². The number of halogens is 1. The lowest BCUT2D eigenvalue weighted by Gasteiger charge is -2.18. The van der Waals surface area contributed by atoms with Gasteiger partial charge in [0.1, 0.15) is 0 Å². The molecule has 0 amide bonds. The van der Waals surface area contributed by atoms with E-state index in [0.29, 0.717) is 19.8 Å². The van der Waals surface area contributed by atoms with Gasteiger partial charge >= 0.3 is 0 Å². The largest absolute Gasteiger partial charge is 0.372 e. The SMILES string of the molecule is CCNC(=NCc1ccccc1COCc1ccccc1)NC(C)Cc1c(C)nn(C)c1C.I. The van der Waals surface area contributed by atoms with Crippen LogP contribution in [0.1, 0.15) is 47.5 Å². The molecule has 2 aromatic carbocycles. The quantitative estimate of drug-likeness (QED) is 0.202. The number of aliphatic imine (C=N–C) groups is 1. The number of benzene rings is 2. The lowest BCUT2D eigenvalue weighted by Crippen LogP contribution is -2.43. The molecule has 1 unspecified atom stereocenters. The molecule has 0 aliphatic heterocycles. The molecule has 184 valence electrons. The normalized spacial score (nSPS) is 12.2. The second-order valence-electron chi connectivity index (χ2n) is 8.46. The first-order valence-corrected chi connectivity index (χ1v) is 11.7. The van der Waals surface area contributed by atoms with Gasteiger partial charge in [-0.3, -0.25) is 4.68 Å². The fourth-order valence-electron chi connectivity index (χ4n) is 3.89. The summed E-state index contributed by atoms with van der Waals surface area (Å²) in [5.41, 5.74) is 7.13. The maximum Gasteiger partial charge on any atom is 0.191 e. The summed E-state index contributed by atoms with van der Waals surface area (Å²) in [6, 6.07) is 18.8. The molecule has 0 saturated carbocycles. The van der Waals surface area contributed by atoms with Crippen molar-refractivity contribution in [2.24, 2.45) is 12.0 Å². The van der Waals surface area contributed by atoms with Gasteiger partial charge in [-0.05, 0) is 56.4 Å². The van der Waals surface area contributed by atoms with Gasteiger partial charge in [0.05, 0.1) is 25.5 Å². The van der Waals surface area contributed by atoms with Gasteiger partial charge < -0.3 is 15.4 Å². The third-order valence-electron chi connectivity index (χ3n) is 5.79. The Bertz CT molecular complexity index is 1050. The molecule has 34 heavy (non-hydrogen) atoms. The minimum absolute atomic E-state index is 0. The first-order chi connectivity index (χ1) is 16.0. The van der Waals surface area contributed by atoms with Crippen molar-refractivity contribution >= 4 is 29.9 Å². The molecule has 1 aromatic heterocycles. The molecule has 3 aromatic rings. The molecular formula is C27H38IN5O. The van der Waals surface area contributed by atoms with E-state index in [0.717, 1.165) is 24.6 Å². The zero-order chi connectivity index (χ0) is 23.6. The second kappa shape index (κ2) is 14.1. The molecule has 0 aliphatic rings. The van der Waals surface area contributed by atoms with Gasteiger partial charge in [0.15, 0.2) is 5.96 Å². The Kier molecular flexibility index (Phi) is 11.6. The molecule has 1 heterocycles. The number of hydrogen-bond donors (Lipinski definition) is 2. The van der Waals surface area contributed by atoms with Crippen LogP contribution < -0.4 is 10.6 Å². The molecule has 0 saturated heterocycles. The maximum absolute atomic E-state index is 5.97. The smallest absolute Gasteiger partial charge is 0.191 e. The molecule has 0 fully saturated rings. The first-order valence-electron chi connectivity index (χ1n) is 11.7. The number of ether oxygens (including phenoxy) is 1. The monoisotopic (exact) mass is 575 g/mol. The van der Waals surface area contributed by atoms with Gasteiger partial charge in [-0.1, -0.05) is 54.6 Å². The van der Waals surface area contributed by atoms with Crippen LogP contribution in [-0.2, 0) is 38.0 Å². The van der Waals surface area contributed by atoms with Gasteiger partial charge in [0.2, 0.25) is 0 Å². The first kappa shape index (κ1) is 27.9. The van der Waals surface area contributed by atoms with Gasteiger partial charge in [0, 0.05) is 25.3 Å². The van der Waals surface area contributed by atoms with Crippen molar-refractivity contribution in [1.82, 2.24) is 20.4 Å². The van der Waals surface area contributed by atoms with Crippen LogP contribution in [0.3, 0.4) is 0 Å². The zero-order valence-corrected chi connectivity index (χ0v) is 23.3. The highest BCUT2D eigenvalue weighted by Crippen LogP contribution is 2.15. The van der Waals surface area contributed by atoms with Gasteiger partial charge in [-0.25, -0.2) is 4.99 Å². The van der Waals surface area contributed by atoms with E-state index >= 15 is 0 Å². The Hall–Kier alpha value is -2.39. The van der Waals surface area contributed by atoms with Crippen molar-refractivity contribution in [3.8, 4) is 0 Å². The molecule has 0 bridgehead atoms. The minimum Gasteiger partial charge on any atom is -0.372 e. The third-order valence-corrected chi connectivity index (χ3v) is 5.79. The number of nitrogens with one attached hydrogen (secondary N) is 2. The molecule has 3 rings (SSSR count). The average molecular weight is 576 g/mol. The van der Waals surface area contributed by atoms with Crippen LogP contribution >= 0.6 is 24.0 Å². The van der Waals surface area contributed by atoms with E-state index in [-0.39, 0.29) is 30.0 Å². The average Bonchev–Trinajstić information content (AvgIpc) is 3.05. The topological polar surface area (TPSA) is 63.5 Å². The van der Waals surface area contributed by atoms with Gasteiger partial charge in [-0.2, -0.15) is 5.10 Å².